The molecule has 44 heavy (non-hydrogen) atoms. The third-order valence-electron chi connectivity index (χ3n) is 8.61. The van der Waals surface area contributed by atoms with Crippen molar-refractivity contribution < 1.29 is 5.11 Å². The Morgan fingerprint density at radius 1 is 0.955 bits per heavy atom. The van der Waals surface area contributed by atoms with Gasteiger partial charge in [-0.1, -0.05) is 108 Å². The van der Waals surface area contributed by atoms with Gasteiger partial charge in [-0.3, -0.25) is 4.99 Å². The zero-order valence-electron chi connectivity index (χ0n) is 27.4. The standard InChI is InChI=1S/C40H49N3O/c1-10-36-34-17-12-11-16-33(34)35(23-22-28(6)24-30(8)44)38(41-36)25-29(7)43(9)39-21-14-13-20-37(39)42-40-31(26(2)3)18-15-19-32(40)27(4)5/h10-21,24,26-27,35,38,42,44H,1,6-7,22-23,25H2,2-5,8-9H3/b30-24+. The van der Waals surface area contributed by atoms with E-state index < -0.39 is 0 Å². The number of benzene rings is 3. The quantitative estimate of drug-likeness (QED) is 0.154. The van der Waals surface area contributed by atoms with Gasteiger partial charge in [0.05, 0.1) is 28.9 Å². The van der Waals surface area contributed by atoms with Crippen LogP contribution in [0.5, 0.6) is 0 Å². The molecular formula is C40H49N3O. The second-order valence-electron chi connectivity index (χ2n) is 12.6. The van der Waals surface area contributed by atoms with Gasteiger partial charge in [-0.2, -0.15) is 0 Å². The summed E-state index contributed by atoms with van der Waals surface area (Å²) in [4.78, 5) is 7.43. The van der Waals surface area contributed by atoms with E-state index in [0.717, 1.165) is 46.8 Å². The third kappa shape index (κ3) is 7.42. The van der Waals surface area contributed by atoms with Crippen molar-refractivity contribution in [3.05, 3.63) is 138 Å². The van der Waals surface area contributed by atoms with E-state index in [2.05, 4.69) is 131 Å². The number of hydrogen-bond donors (Lipinski definition) is 2. The molecule has 2 atom stereocenters. The largest absolute Gasteiger partial charge is 0.513 e. The Balaban J connectivity index is 1.64. The summed E-state index contributed by atoms with van der Waals surface area (Å²) >= 11 is 0. The Bertz CT molecular complexity index is 1540. The smallest absolute Gasteiger partial charge is 0.0894 e. The molecule has 1 aliphatic rings. The Kier molecular flexibility index (Phi) is 10.7. The van der Waals surface area contributed by atoms with Crippen LogP contribution in [0.15, 0.2) is 121 Å². The van der Waals surface area contributed by atoms with E-state index >= 15 is 0 Å². The first-order chi connectivity index (χ1) is 21.0. The molecule has 0 radical (unpaired) electrons. The first kappa shape index (κ1) is 32.6. The maximum absolute atomic E-state index is 9.77. The average Bonchev–Trinajstić information content (AvgIpc) is 2.99. The summed E-state index contributed by atoms with van der Waals surface area (Å²) in [5, 5.41) is 13.6. The minimum atomic E-state index is -0.00538. The van der Waals surface area contributed by atoms with Crippen molar-refractivity contribution in [1.29, 1.82) is 0 Å². The van der Waals surface area contributed by atoms with Gasteiger partial charge in [0, 0.05) is 36.3 Å². The van der Waals surface area contributed by atoms with E-state index in [-0.39, 0.29) is 17.7 Å². The molecule has 0 spiro atoms. The topological polar surface area (TPSA) is 47.9 Å². The fraction of sp³-hybridized carbons (Fsp3) is 0.325. The Morgan fingerprint density at radius 2 is 1.59 bits per heavy atom. The fourth-order valence-corrected chi connectivity index (χ4v) is 6.26. The molecule has 0 aromatic heterocycles. The second-order valence-corrected chi connectivity index (χ2v) is 12.6. The van der Waals surface area contributed by atoms with Crippen LogP contribution in [-0.2, 0) is 0 Å². The summed E-state index contributed by atoms with van der Waals surface area (Å²) in [6.07, 6.45) is 5.96. The van der Waals surface area contributed by atoms with Gasteiger partial charge in [0.15, 0.2) is 0 Å². The van der Waals surface area contributed by atoms with Crippen molar-refractivity contribution in [3.8, 4) is 0 Å². The van der Waals surface area contributed by atoms with Crippen molar-refractivity contribution in [1.82, 2.24) is 0 Å². The number of allylic oxidation sites excluding steroid dienone is 4. The number of para-hydroxylation sites is 3. The van der Waals surface area contributed by atoms with Crippen LogP contribution in [0.25, 0.3) is 0 Å². The molecule has 2 N–H and O–H groups in total. The molecule has 4 heteroatoms. The highest BCUT2D eigenvalue weighted by Gasteiger charge is 2.31. The summed E-state index contributed by atoms with van der Waals surface area (Å²) in [6.45, 7) is 23.5. The highest BCUT2D eigenvalue weighted by molar-refractivity contribution is 6.10. The molecular weight excluding hydrogens is 538 g/mol. The number of hydrogen-bond acceptors (Lipinski definition) is 4. The van der Waals surface area contributed by atoms with Crippen LogP contribution in [0.1, 0.15) is 93.9 Å². The lowest BCUT2D eigenvalue weighted by Gasteiger charge is -2.34. The Morgan fingerprint density at radius 3 is 2.23 bits per heavy atom. The fourth-order valence-electron chi connectivity index (χ4n) is 6.26. The van der Waals surface area contributed by atoms with Gasteiger partial charge in [0.25, 0.3) is 0 Å². The first-order valence-corrected chi connectivity index (χ1v) is 15.8. The van der Waals surface area contributed by atoms with Crippen molar-refractivity contribution in [3.63, 3.8) is 0 Å². The molecule has 0 aliphatic carbocycles. The summed E-state index contributed by atoms with van der Waals surface area (Å²) in [6, 6.07) is 23.6. The van der Waals surface area contributed by atoms with E-state index in [9.17, 15) is 5.11 Å². The number of aliphatic hydroxyl groups excluding tert-OH is 1. The van der Waals surface area contributed by atoms with Crippen molar-refractivity contribution in [2.45, 2.75) is 77.7 Å². The SMILES string of the molecule is C=CC1=NC(CC(=C)N(C)c2ccccc2Nc2c(C(C)C)cccc2C(C)C)C(CCC(=C)/C=C(\C)O)c2ccccc21. The number of nitrogens with zero attached hydrogens (tertiary/aromatic N) is 2. The maximum Gasteiger partial charge on any atom is 0.0894 e. The van der Waals surface area contributed by atoms with Crippen LogP contribution < -0.4 is 10.2 Å². The summed E-state index contributed by atoms with van der Waals surface area (Å²) in [5.74, 6) is 1.25. The predicted molar refractivity (Wildman–Crippen MR) is 191 cm³/mol. The van der Waals surface area contributed by atoms with Crippen LogP contribution >= 0.6 is 0 Å². The average molecular weight is 588 g/mol. The summed E-state index contributed by atoms with van der Waals surface area (Å²) in [5.41, 5.74) is 11.2. The lowest BCUT2D eigenvalue weighted by Crippen LogP contribution is -2.29. The minimum absolute atomic E-state index is 0.00538. The van der Waals surface area contributed by atoms with E-state index in [0.29, 0.717) is 18.3 Å². The van der Waals surface area contributed by atoms with Crippen molar-refractivity contribution in [2.24, 2.45) is 4.99 Å². The Labute approximate surface area is 265 Å². The number of anilines is 3. The molecule has 3 aromatic carbocycles. The molecule has 1 aliphatic heterocycles. The van der Waals surface area contributed by atoms with Crippen LogP contribution in [0.2, 0.25) is 0 Å². The maximum atomic E-state index is 9.77. The second kappa shape index (κ2) is 14.4. The molecule has 0 fully saturated rings. The van der Waals surface area contributed by atoms with Gasteiger partial charge < -0.3 is 15.3 Å². The molecule has 230 valence electrons. The van der Waals surface area contributed by atoms with E-state index in [1.807, 2.05) is 6.08 Å². The Hall–Kier alpha value is -4.31. The third-order valence-corrected chi connectivity index (χ3v) is 8.61. The first-order valence-electron chi connectivity index (χ1n) is 15.8. The zero-order valence-corrected chi connectivity index (χ0v) is 27.4. The molecule has 4 rings (SSSR count). The molecule has 0 amide bonds. The highest BCUT2D eigenvalue weighted by Crippen LogP contribution is 2.41. The highest BCUT2D eigenvalue weighted by atomic mass is 16.3. The van der Waals surface area contributed by atoms with Gasteiger partial charge in [0.1, 0.15) is 0 Å². The van der Waals surface area contributed by atoms with Gasteiger partial charge >= 0.3 is 0 Å². The van der Waals surface area contributed by atoms with Gasteiger partial charge in [0.2, 0.25) is 0 Å². The van der Waals surface area contributed by atoms with Crippen molar-refractivity contribution in [2.75, 3.05) is 17.3 Å². The lowest BCUT2D eigenvalue weighted by atomic mass is 9.79. The molecule has 3 aromatic rings. The molecule has 0 bridgehead atoms. The number of fused-ring (bicyclic) bond motifs is 1. The monoisotopic (exact) mass is 587 g/mol. The van der Waals surface area contributed by atoms with E-state index in [1.54, 1.807) is 13.0 Å². The van der Waals surface area contributed by atoms with Crippen LogP contribution in [0, 0.1) is 0 Å². The number of aliphatic hydroxyl groups is 1. The minimum Gasteiger partial charge on any atom is -0.513 e. The lowest BCUT2D eigenvalue weighted by molar-refractivity contribution is 0.413. The molecule has 2 unspecified atom stereocenters. The molecule has 1 heterocycles. The number of aliphatic imine (C=N–C) groups is 1. The van der Waals surface area contributed by atoms with Crippen LogP contribution in [-0.4, -0.2) is 23.9 Å². The molecule has 0 saturated carbocycles. The number of nitrogens with one attached hydrogen (secondary N) is 1. The molecule has 0 saturated heterocycles. The van der Waals surface area contributed by atoms with Gasteiger partial charge in [-0.25, -0.2) is 0 Å². The van der Waals surface area contributed by atoms with Crippen LogP contribution in [0.3, 0.4) is 0 Å². The van der Waals surface area contributed by atoms with Gasteiger partial charge in [-0.05, 0) is 72.6 Å². The molecule has 4 nitrogen and oxygen atoms in total. The summed E-state index contributed by atoms with van der Waals surface area (Å²) < 4.78 is 0. The van der Waals surface area contributed by atoms with Crippen molar-refractivity contribution >= 4 is 22.8 Å². The zero-order chi connectivity index (χ0) is 32.0. The summed E-state index contributed by atoms with van der Waals surface area (Å²) in [7, 11) is 2.10. The normalized spacial score (nSPS) is 16.4. The van der Waals surface area contributed by atoms with Crippen LogP contribution in [0.4, 0.5) is 17.1 Å². The predicted octanol–water partition coefficient (Wildman–Crippen LogP) is 11.0. The number of rotatable bonds is 13. The van der Waals surface area contributed by atoms with Gasteiger partial charge in [-0.15, -0.1) is 0 Å². The van der Waals surface area contributed by atoms with E-state index in [1.165, 1.54) is 22.4 Å². The van der Waals surface area contributed by atoms with E-state index in [4.69, 9.17) is 4.99 Å².